The zero-order valence-electron chi connectivity index (χ0n) is 18.5. The largest absolute Gasteiger partial charge is 0.460 e. The molecule has 3 rings (SSSR count). The molecule has 3 aromatic carbocycles. The van der Waals surface area contributed by atoms with Crippen molar-refractivity contribution in [1.29, 1.82) is 0 Å². The number of halogens is 9. The van der Waals surface area contributed by atoms with Crippen LogP contribution in [0, 0.1) is 0 Å². The molecule has 3 aromatic rings. The van der Waals surface area contributed by atoms with E-state index in [0.29, 0.717) is 0 Å². The van der Waals surface area contributed by atoms with E-state index in [4.69, 9.17) is 4.55 Å². The van der Waals surface area contributed by atoms with Gasteiger partial charge in [0.2, 0.25) is 0 Å². The summed E-state index contributed by atoms with van der Waals surface area (Å²) in [5, 5.41) is -7.00. The van der Waals surface area contributed by atoms with E-state index in [9.17, 15) is 47.9 Å². The molecule has 0 spiro atoms. The van der Waals surface area contributed by atoms with Gasteiger partial charge in [0.25, 0.3) is 0 Å². The van der Waals surface area contributed by atoms with E-state index < -0.39 is 33.4 Å². The number of benzene rings is 3. The van der Waals surface area contributed by atoms with Gasteiger partial charge in [-0.3, -0.25) is 4.55 Å². The molecule has 202 valence electrons. The molecule has 0 saturated heterocycles. The van der Waals surface area contributed by atoms with Crippen LogP contribution in [0.4, 0.5) is 39.5 Å². The number of hydrogen-bond donors (Lipinski definition) is 1. The molecule has 0 atom stereocenters. The summed E-state index contributed by atoms with van der Waals surface area (Å²) >= 11 is 1.80. The van der Waals surface area contributed by atoms with E-state index in [0.717, 1.165) is 0 Å². The molecule has 0 aliphatic carbocycles. The van der Waals surface area contributed by atoms with Gasteiger partial charge in [0.1, 0.15) is 0 Å². The highest BCUT2D eigenvalue weighted by Crippen LogP contribution is 2.54. The summed E-state index contributed by atoms with van der Waals surface area (Å²) in [6.07, 6.45) is -5.00. The molecule has 0 amide bonds. The van der Waals surface area contributed by atoms with Gasteiger partial charge in [-0.2, -0.15) is 47.9 Å². The maximum Gasteiger partial charge on any atom is 0.460 e. The first-order valence-electron chi connectivity index (χ1n) is 9.85. The average molecular weight is 577 g/mol. The van der Waals surface area contributed by atoms with Gasteiger partial charge < -0.3 is 0 Å². The van der Waals surface area contributed by atoms with Crippen molar-refractivity contribution in [1.82, 2.24) is 0 Å². The maximum atomic E-state index is 12.2. The lowest BCUT2D eigenvalue weighted by Gasteiger charge is -2.31. The molecule has 0 aliphatic heterocycles. The van der Waals surface area contributed by atoms with Crippen LogP contribution in [0.25, 0.3) is 22.3 Å². The number of rotatable bonds is 6. The SMILES string of the molecule is CSc1cccc(-c2ccccc2)c1-c1ccccc1.O=S(=O)(O)C(F)(F)C(F)(F)C(F)(F)C(F)(F)F. The van der Waals surface area contributed by atoms with Crippen molar-refractivity contribution in [2.24, 2.45) is 0 Å². The molecule has 0 radical (unpaired) electrons. The van der Waals surface area contributed by atoms with Gasteiger partial charge >= 0.3 is 33.4 Å². The van der Waals surface area contributed by atoms with Crippen LogP contribution in [0.15, 0.2) is 83.8 Å². The summed E-state index contributed by atoms with van der Waals surface area (Å²) in [7, 11) is -7.17. The van der Waals surface area contributed by atoms with Gasteiger partial charge in [-0.15, -0.1) is 11.8 Å². The lowest BCUT2D eigenvalue weighted by molar-refractivity contribution is -0.382. The van der Waals surface area contributed by atoms with Crippen molar-refractivity contribution >= 4 is 21.9 Å². The minimum atomic E-state index is -7.37. The third-order valence-electron chi connectivity index (χ3n) is 4.83. The second kappa shape index (κ2) is 11.0. The summed E-state index contributed by atoms with van der Waals surface area (Å²) in [6.45, 7) is 0. The van der Waals surface area contributed by atoms with E-state index in [1.807, 2.05) is 0 Å². The molecule has 0 fully saturated rings. The Balaban J connectivity index is 0.000000265. The molecule has 14 heteroatoms. The Bertz CT molecular complexity index is 1300. The Hall–Kier alpha value is -2.71. The summed E-state index contributed by atoms with van der Waals surface area (Å²) in [4.78, 5) is 1.32. The smallest absolute Gasteiger partial charge is 0.281 e. The van der Waals surface area contributed by atoms with Crippen molar-refractivity contribution in [2.45, 2.75) is 28.2 Å². The number of thioether (sulfide) groups is 1. The fourth-order valence-corrected chi connectivity index (χ4v) is 4.08. The standard InChI is InChI=1S/C19H16S.C4HF9O3S/c1-20-18-14-8-13-17(15-9-4-2-5-10-15)19(18)16-11-6-3-7-12-16;5-1(6,3(9,10)11)2(7,8)4(12,13)17(14,15)16/h2-14H,1H3;(H,14,15,16). The van der Waals surface area contributed by atoms with Crippen molar-refractivity contribution in [3.8, 4) is 22.3 Å². The van der Waals surface area contributed by atoms with Gasteiger partial charge in [0.05, 0.1) is 0 Å². The lowest BCUT2D eigenvalue weighted by Crippen LogP contribution is -2.63. The monoisotopic (exact) mass is 576 g/mol. The fourth-order valence-electron chi connectivity index (χ4n) is 2.98. The lowest BCUT2D eigenvalue weighted by atomic mass is 9.94. The Kier molecular flexibility index (Phi) is 9.03. The van der Waals surface area contributed by atoms with Crippen molar-refractivity contribution in [3.63, 3.8) is 0 Å². The summed E-state index contributed by atoms with van der Waals surface area (Å²) in [6, 6.07) is 27.8. The van der Waals surface area contributed by atoms with Gasteiger partial charge in [-0.1, -0.05) is 72.8 Å². The molecule has 0 bridgehead atoms. The fraction of sp³-hybridized carbons (Fsp3) is 0.217. The summed E-state index contributed by atoms with van der Waals surface area (Å²) in [5.74, 6) is -14.7. The Labute approximate surface area is 210 Å². The average Bonchev–Trinajstić information content (AvgIpc) is 2.83. The Morgan fingerprint density at radius 2 is 1.11 bits per heavy atom. The van der Waals surface area contributed by atoms with Crippen molar-refractivity contribution in [3.05, 3.63) is 78.9 Å². The molecule has 37 heavy (non-hydrogen) atoms. The van der Waals surface area contributed by atoms with Crippen LogP contribution < -0.4 is 0 Å². The number of alkyl halides is 9. The van der Waals surface area contributed by atoms with Crippen LogP contribution in [0.3, 0.4) is 0 Å². The van der Waals surface area contributed by atoms with Crippen molar-refractivity contribution < 1.29 is 52.5 Å². The predicted molar refractivity (Wildman–Crippen MR) is 122 cm³/mol. The van der Waals surface area contributed by atoms with Gasteiger partial charge in [-0.05, 0) is 29.0 Å². The first kappa shape index (κ1) is 30.5. The second-order valence-corrected chi connectivity index (χ2v) is 9.56. The topological polar surface area (TPSA) is 54.4 Å². The second-order valence-electron chi connectivity index (χ2n) is 7.25. The molecule has 1 N–H and O–H groups in total. The summed E-state index contributed by atoms with van der Waals surface area (Å²) in [5.41, 5.74) is 5.16. The Morgan fingerprint density at radius 1 is 0.649 bits per heavy atom. The van der Waals surface area contributed by atoms with E-state index in [1.165, 1.54) is 27.1 Å². The third-order valence-corrected chi connectivity index (χ3v) is 6.52. The molecule has 0 heterocycles. The highest BCUT2D eigenvalue weighted by Gasteiger charge is 2.85. The first-order valence-corrected chi connectivity index (χ1v) is 12.5. The van der Waals surface area contributed by atoms with Crippen LogP contribution in [0.5, 0.6) is 0 Å². The van der Waals surface area contributed by atoms with Crippen LogP contribution in [0.1, 0.15) is 0 Å². The van der Waals surface area contributed by atoms with Crippen LogP contribution >= 0.6 is 11.8 Å². The molecule has 0 aliphatic rings. The molecular weight excluding hydrogens is 559 g/mol. The highest BCUT2D eigenvalue weighted by atomic mass is 32.2. The van der Waals surface area contributed by atoms with Gasteiger partial charge in [0.15, 0.2) is 0 Å². The highest BCUT2D eigenvalue weighted by molar-refractivity contribution is 7.98. The van der Waals surface area contributed by atoms with Crippen molar-refractivity contribution in [2.75, 3.05) is 6.26 Å². The predicted octanol–water partition coefficient (Wildman–Crippen LogP) is 8.04. The molecule has 0 saturated carbocycles. The normalized spacial score (nSPS) is 13.1. The minimum absolute atomic E-state index is 1.27. The van der Waals surface area contributed by atoms with Crippen LogP contribution in [0.2, 0.25) is 0 Å². The third kappa shape index (κ3) is 6.07. The van der Waals surface area contributed by atoms with E-state index in [2.05, 4.69) is 85.1 Å². The number of hydrogen-bond acceptors (Lipinski definition) is 3. The van der Waals surface area contributed by atoms with E-state index in [1.54, 1.807) is 11.8 Å². The molecule has 3 nitrogen and oxygen atoms in total. The van der Waals surface area contributed by atoms with Gasteiger partial charge in [-0.25, -0.2) is 0 Å². The van der Waals surface area contributed by atoms with Crippen LogP contribution in [-0.2, 0) is 10.1 Å². The maximum absolute atomic E-state index is 12.2. The van der Waals surface area contributed by atoms with Gasteiger partial charge in [0, 0.05) is 10.5 Å². The Morgan fingerprint density at radius 3 is 1.51 bits per heavy atom. The zero-order valence-corrected chi connectivity index (χ0v) is 20.1. The summed E-state index contributed by atoms with van der Waals surface area (Å²) < 4.78 is 134. The van der Waals surface area contributed by atoms with Crippen LogP contribution in [-0.4, -0.2) is 42.5 Å². The zero-order chi connectivity index (χ0) is 28.3. The van der Waals surface area contributed by atoms with E-state index >= 15 is 0 Å². The molecule has 0 aromatic heterocycles. The van der Waals surface area contributed by atoms with E-state index in [-0.39, 0.29) is 0 Å². The quantitative estimate of drug-likeness (QED) is 0.183. The molecular formula is C23H17F9O3S2. The first-order chi connectivity index (χ1) is 16.9. The minimum Gasteiger partial charge on any atom is -0.281 e. The molecule has 0 unspecified atom stereocenters.